The van der Waals surface area contributed by atoms with Gasteiger partial charge in [-0.05, 0) is 45.1 Å². The molecule has 1 aromatic rings. The highest BCUT2D eigenvalue weighted by Gasteiger charge is 2.44. The Labute approximate surface area is 120 Å². The average molecular weight is 273 g/mol. The topological polar surface area (TPSA) is 38.3 Å². The number of amides is 1. The van der Waals surface area contributed by atoms with E-state index in [1.54, 1.807) is 0 Å². The number of rotatable bonds is 4. The van der Waals surface area contributed by atoms with Crippen LogP contribution in [0.25, 0.3) is 0 Å². The fourth-order valence-corrected chi connectivity index (χ4v) is 3.59. The van der Waals surface area contributed by atoms with Gasteiger partial charge in [0.25, 0.3) is 0 Å². The standard InChI is InChI=1S/C17H23NO2/c1-11-7-12(2)9-13(8-11)5-6-18-17(19)15-10-14-3-4-16(15)20-14/h7-9,14-16H,3-6,10H2,1-2H3,(H,18,19). The van der Waals surface area contributed by atoms with Crippen LogP contribution in [-0.4, -0.2) is 24.7 Å². The first-order chi connectivity index (χ1) is 9.61. The van der Waals surface area contributed by atoms with Crippen LogP contribution in [0.1, 0.15) is 36.0 Å². The van der Waals surface area contributed by atoms with Gasteiger partial charge in [-0.15, -0.1) is 0 Å². The number of carbonyl (C=O) groups is 1. The minimum atomic E-state index is 0.0907. The molecule has 2 aliphatic heterocycles. The number of benzene rings is 1. The van der Waals surface area contributed by atoms with Crippen molar-refractivity contribution in [2.45, 2.75) is 51.7 Å². The number of fused-ring (bicyclic) bond motifs is 2. The first kappa shape index (κ1) is 13.6. The summed E-state index contributed by atoms with van der Waals surface area (Å²) in [5, 5.41) is 3.08. The van der Waals surface area contributed by atoms with Crippen LogP contribution in [0.3, 0.4) is 0 Å². The lowest BCUT2D eigenvalue weighted by atomic mass is 9.88. The molecule has 1 N–H and O–H groups in total. The maximum absolute atomic E-state index is 12.2. The molecule has 0 spiro atoms. The van der Waals surface area contributed by atoms with Gasteiger partial charge < -0.3 is 10.1 Å². The second-order valence-corrected chi connectivity index (χ2v) is 6.25. The Balaban J connectivity index is 1.49. The zero-order valence-electron chi connectivity index (χ0n) is 12.3. The summed E-state index contributed by atoms with van der Waals surface area (Å²) in [6, 6.07) is 6.56. The summed E-state index contributed by atoms with van der Waals surface area (Å²) in [5.41, 5.74) is 3.87. The van der Waals surface area contributed by atoms with Crippen molar-refractivity contribution < 1.29 is 9.53 Å². The van der Waals surface area contributed by atoms with Crippen LogP contribution in [-0.2, 0) is 16.0 Å². The Bertz CT molecular complexity index is 491. The summed E-state index contributed by atoms with van der Waals surface area (Å²) in [7, 11) is 0. The van der Waals surface area contributed by atoms with E-state index >= 15 is 0 Å². The molecule has 1 amide bonds. The average Bonchev–Trinajstić information content (AvgIpc) is 2.99. The first-order valence-electron chi connectivity index (χ1n) is 7.62. The third-order valence-corrected chi connectivity index (χ3v) is 4.44. The van der Waals surface area contributed by atoms with E-state index in [2.05, 4.69) is 37.4 Å². The zero-order valence-corrected chi connectivity index (χ0v) is 12.3. The third-order valence-electron chi connectivity index (χ3n) is 4.44. The Morgan fingerprint density at radius 3 is 2.60 bits per heavy atom. The van der Waals surface area contributed by atoms with Crippen LogP contribution in [0.15, 0.2) is 18.2 Å². The van der Waals surface area contributed by atoms with Crippen LogP contribution >= 0.6 is 0 Å². The Morgan fingerprint density at radius 1 is 1.25 bits per heavy atom. The molecule has 3 rings (SSSR count). The number of ether oxygens (including phenoxy) is 1. The van der Waals surface area contributed by atoms with E-state index in [-0.39, 0.29) is 17.9 Å². The molecule has 108 valence electrons. The van der Waals surface area contributed by atoms with Crippen molar-refractivity contribution in [2.75, 3.05) is 6.54 Å². The molecule has 1 aromatic carbocycles. The van der Waals surface area contributed by atoms with Crippen LogP contribution < -0.4 is 5.32 Å². The fourth-order valence-electron chi connectivity index (χ4n) is 3.59. The molecule has 2 aliphatic rings. The molecule has 3 atom stereocenters. The van der Waals surface area contributed by atoms with Gasteiger partial charge in [-0.25, -0.2) is 0 Å². The molecule has 3 nitrogen and oxygen atoms in total. The monoisotopic (exact) mass is 273 g/mol. The maximum Gasteiger partial charge on any atom is 0.225 e. The van der Waals surface area contributed by atoms with Crippen molar-refractivity contribution in [2.24, 2.45) is 5.92 Å². The molecule has 2 fully saturated rings. The molecule has 0 aliphatic carbocycles. The van der Waals surface area contributed by atoms with Crippen molar-refractivity contribution in [3.63, 3.8) is 0 Å². The SMILES string of the molecule is Cc1cc(C)cc(CCNC(=O)C2CC3CCC2O3)c1. The largest absolute Gasteiger partial charge is 0.374 e. The molecule has 3 heteroatoms. The minimum absolute atomic E-state index is 0.0907. The highest BCUT2D eigenvalue weighted by molar-refractivity contribution is 5.79. The molecule has 2 bridgehead atoms. The van der Waals surface area contributed by atoms with Crippen molar-refractivity contribution >= 4 is 5.91 Å². The number of aryl methyl sites for hydroxylation is 2. The summed E-state index contributed by atoms with van der Waals surface area (Å²) in [6.07, 6.45) is 4.53. The summed E-state index contributed by atoms with van der Waals surface area (Å²) >= 11 is 0. The van der Waals surface area contributed by atoms with Crippen molar-refractivity contribution in [3.8, 4) is 0 Å². The molecular weight excluding hydrogens is 250 g/mol. The second-order valence-electron chi connectivity index (χ2n) is 6.25. The minimum Gasteiger partial charge on any atom is -0.374 e. The highest BCUT2D eigenvalue weighted by atomic mass is 16.5. The van der Waals surface area contributed by atoms with Crippen molar-refractivity contribution in [1.29, 1.82) is 0 Å². The Kier molecular flexibility index (Phi) is 3.79. The molecule has 2 heterocycles. The predicted molar refractivity (Wildman–Crippen MR) is 78.6 cm³/mol. The molecule has 2 saturated heterocycles. The molecule has 0 saturated carbocycles. The number of nitrogens with one attached hydrogen (secondary N) is 1. The van der Waals surface area contributed by atoms with Gasteiger partial charge in [-0.1, -0.05) is 29.3 Å². The van der Waals surface area contributed by atoms with Gasteiger partial charge >= 0.3 is 0 Å². The smallest absolute Gasteiger partial charge is 0.225 e. The van der Waals surface area contributed by atoms with E-state index in [0.29, 0.717) is 6.10 Å². The molecule has 0 radical (unpaired) electrons. The molecule has 0 aromatic heterocycles. The second kappa shape index (κ2) is 5.57. The van der Waals surface area contributed by atoms with Crippen molar-refractivity contribution in [3.05, 3.63) is 34.9 Å². The van der Waals surface area contributed by atoms with Gasteiger partial charge in [0, 0.05) is 6.54 Å². The summed E-state index contributed by atoms with van der Waals surface area (Å²) in [6.45, 7) is 4.94. The number of hydrogen-bond acceptors (Lipinski definition) is 2. The number of hydrogen-bond donors (Lipinski definition) is 1. The summed E-state index contributed by atoms with van der Waals surface area (Å²) < 4.78 is 5.74. The van der Waals surface area contributed by atoms with Crippen LogP contribution in [0, 0.1) is 19.8 Å². The normalized spacial score (nSPS) is 27.8. The Morgan fingerprint density at radius 2 is 2.00 bits per heavy atom. The third kappa shape index (κ3) is 2.88. The fraction of sp³-hybridized carbons (Fsp3) is 0.588. The van der Waals surface area contributed by atoms with Gasteiger partial charge in [-0.2, -0.15) is 0 Å². The summed E-state index contributed by atoms with van der Waals surface area (Å²) in [4.78, 5) is 12.2. The van der Waals surface area contributed by atoms with Gasteiger partial charge in [0.15, 0.2) is 0 Å². The summed E-state index contributed by atoms with van der Waals surface area (Å²) in [5.74, 6) is 0.273. The van der Waals surface area contributed by atoms with E-state index in [1.165, 1.54) is 16.7 Å². The van der Waals surface area contributed by atoms with E-state index in [4.69, 9.17) is 4.74 Å². The van der Waals surface area contributed by atoms with Gasteiger partial charge in [-0.3, -0.25) is 4.79 Å². The van der Waals surface area contributed by atoms with Crippen LogP contribution in [0.2, 0.25) is 0 Å². The lowest BCUT2D eigenvalue weighted by Crippen LogP contribution is -2.37. The predicted octanol–water partition coefficient (Wildman–Crippen LogP) is 2.53. The first-order valence-corrected chi connectivity index (χ1v) is 7.62. The quantitative estimate of drug-likeness (QED) is 0.915. The zero-order chi connectivity index (χ0) is 14.1. The lowest BCUT2D eigenvalue weighted by molar-refractivity contribution is -0.126. The molecule has 3 unspecified atom stereocenters. The number of carbonyl (C=O) groups excluding carboxylic acids is 1. The van der Waals surface area contributed by atoms with Crippen LogP contribution in [0.5, 0.6) is 0 Å². The highest BCUT2D eigenvalue weighted by Crippen LogP contribution is 2.38. The molecular formula is C17H23NO2. The van der Waals surface area contributed by atoms with Gasteiger partial charge in [0.2, 0.25) is 5.91 Å². The van der Waals surface area contributed by atoms with Crippen molar-refractivity contribution in [1.82, 2.24) is 5.32 Å². The van der Waals surface area contributed by atoms with E-state index in [1.807, 2.05) is 0 Å². The Hall–Kier alpha value is -1.35. The van der Waals surface area contributed by atoms with E-state index in [0.717, 1.165) is 32.2 Å². The lowest BCUT2D eigenvalue weighted by Gasteiger charge is -2.18. The van der Waals surface area contributed by atoms with E-state index < -0.39 is 0 Å². The van der Waals surface area contributed by atoms with Gasteiger partial charge in [0.1, 0.15) is 0 Å². The van der Waals surface area contributed by atoms with E-state index in [9.17, 15) is 4.79 Å². The van der Waals surface area contributed by atoms with Crippen LogP contribution in [0.4, 0.5) is 0 Å². The van der Waals surface area contributed by atoms with Gasteiger partial charge in [0.05, 0.1) is 18.1 Å². The maximum atomic E-state index is 12.2. The molecule has 20 heavy (non-hydrogen) atoms.